The smallest absolute Gasteiger partial charge is 0.246 e. The van der Waals surface area contributed by atoms with Crippen molar-refractivity contribution in [1.82, 2.24) is 24.5 Å². The summed E-state index contributed by atoms with van der Waals surface area (Å²) in [5.41, 5.74) is 0.597. The summed E-state index contributed by atoms with van der Waals surface area (Å²) in [7, 11) is -2.17. The predicted molar refractivity (Wildman–Crippen MR) is 82.1 cm³/mol. The van der Waals surface area contributed by atoms with Gasteiger partial charge in [-0.05, 0) is 33.1 Å². The van der Waals surface area contributed by atoms with Gasteiger partial charge in [0.25, 0.3) is 0 Å². The van der Waals surface area contributed by atoms with Gasteiger partial charge < -0.3 is 4.98 Å². The molecule has 1 saturated carbocycles. The Morgan fingerprint density at radius 2 is 2.09 bits per heavy atom. The molecule has 0 unspecified atom stereocenters. The van der Waals surface area contributed by atoms with Crippen LogP contribution in [-0.2, 0) is 22.6 Å². The molecule has 3 rings (SSSR count). The van der Waals surface area contributed by atoms with Gasteiger partial charge in [0.15, 0.2) is 0 Å². The molecule has 1 aliphatic carbocycles. The van der Waals surface area contributed by atoms with Crippen molar-refractivity contribution >= 4 is 21.6 Å². The Hall–Kier alpha value is -1.38. The van der Waals surface area contributed by atoms with Crippen LogP contribution in [0.2, 0.25) is 5.15 Å². The van der Waals surface area contributed by atoms with E-state index in [9.17, 15) is 8.42 Å². The number of hydrogen-bond acceptors (Lipinski definition) is 4. The summed E-state index contributed by atoms with van der Waals surface area (Å²) in [4.78, 5) is 7.47. The van der Waals surface area contributed by atoms with Gasteiger partial charge in [0.1, 0.15) is 15.9 Å². The number of nitrogens with one attached hydrogen (secondary N) is 2. The topological polar surface area (TPSA) is 92.7 Å². The van der Waals surface area contributed by atoms with Gasteiger partial charge in [0.05, 0.1) is 11.2 Å². The molecule has 120 valence electrons. The number of rotatable bonds is 4. The van der Waals surface area contributed by atoms with Gasteiger partial charge in [-0.3, -0.25) is 4.68 Å². The van der Waals surface area contributed by atoms with Crippen molar-refractivity contribution in [1.29, 1.82) is 0 Å². The third kappa shape index (κ3) is 2.35. The van der Waals surface area contributed by atoms with Crippen molar-refractivity contribution in [2.24, 2.45) is 7.05 Å². The fraction of sp³-hybridized carbons (Fsp3) is 0.538. The molecule has 2 aromatic rings. The average molecular weight is 344 g/mol. The summed E-state index contributed by atoms with van der Waals surface area (Å²) in [5.74, 6) is 0.650. The fourth-order valence-corrected chi connectivity index (χ4v) is 4.98. The van der Waals surface area contributed by atoms with Gasteiger partial charge in [0, 0.05) is 18.9 Å². The maximum atomic E-state index is 12.8. The Kier molecular flexibility index (Phi) is 3.58. The monoisotopic (exact) mass is 343 g/mol. The van der Waals surface area contributed by atoms with Crippen LogP contribution >= 0.6 is 11.6 Å². The van der Waals surface area contributed by atoms with Crippen LogP contribution in [0.15, 0.2) is 11.1 Å². The van der Waals surface area contributed by atoms with Gasteiger partial charge >= 0.3 is 0 Å². The molecule has 0 saturated heterocycles. The molecule has 9 heteroatoms. The van der Waals surface area contributed by atoms with Crippen LogP contribution in [0.5, 0.6) is 0 Å². The van der Waals surface area contributed by atoms with Gasteiger partial charge in [0.2, 0.25) is 10.0 Å². The SMILES string of the molecule is Cc1cnc(C2(NS(=O)(=O)c3c(C)nn(C)c3Cl)CCC2)[nH]1. The average Bonchev–Trinajstić information content (AvgIpc) is 2.90. The highest BCUT2D eigenvalue weighted by Gasteiger charge is 2.45. The summed E-state index contributed by atoms with van der Waals surface area (Å²) >= 11 is 6.10. The second kappa shape index (κ2) is 5.07. The summed E-state index contributed by atoms with van der Waals surface area (Å²) in [5, 5.41) is 4.18. The molecular weight excluding hydrogens is 326 g/mol. The van der Waals surface area contributed by atoms with E-state index in [4.69, 9.17) is 11.6 Å². The highest BCUT2D eigenvalue weighted by molar-refractivity contribution is 7.89. The van der Waals surface area contributed by atoms with Gasteiger partial charge in [-0.1, -0.05) is 11.6 Å². The Bertz CT molecular complexity index is 820. The zero-order chi connectivity index (χ0) is 16.1. The van der Waals surface area contributed by atoms with Gasteiger partial charge in [-0.25, -0.2) is 13.4 Å². The lowest BCUT2D eigenvalue weighted by Crippen LogP contribution is -2.51. The number of sulfonamides is 1. The first-order valence-corrected chi connectivity index (χ1v) is 8.86. The summed E-state index contributed by atoms with van der Waals surface area (Å²) in [6, 6.07) is 0. The van der Waals surface area contributed by atoms with Crippen molar-refractivity contribution in [2.75, 3.05) is 0 Å². The quantitative estimate of drug-likeness (QED) is 0.884. The van der Waals surface area contributed by atoms with E-state index in [1.54, 1.807) is 20.2 Å². The third-order valence-corrected chi connectivity index (χ3v) is 6.29. The van der Waals surface area contributed by atoms with Gasteiger partial charge in [-0.15, -0.1) is 0 Å². The minimum absolute atomic E-state index is 0.0335. The standard InChI is InChI=1S/C13H18ClN5O2S/c1-8-7-15-12(16-8)13(5-4-6-13)18-22(20,21)10-9(2)17-19(3)11(10)14/h7,18H,4-6H2,1-3H3,(H,15,16). The number of aromatic nitrogens is 4. The Labute approximate surface area is 134 Å². The molecule has 22 heavy (non-hydrogen) atoms. The number of imidazole rings is 1. The largest absolute Gasteiger partial charge is 0.345 e. The second-order valence-corrected chi connectivity index (χ2v) is 7.76. The number of nitrogens with zero attached hydrogens (tertiary/aromatic N) is 3. The normalized spacial score (nSPS) is 17.5. The molecule has 2 heterocycles. The molecule has 1 fully saturated rings. The molecule has 2 N–H and O–H groups in total. The van der Waals surface area contributed by atoms with Gasteiger partial charge in [-0.2, -0.15) is 9.82 Å². The van der Waals surface area contributed by atoms with E-state index in [2.05, 4.69) is 19.8 Å². The molecule has 0 amide bonds. The first kappa shape index (κ1) is 15.5. The lowest BCUT2D eigenvalue weighted by molar-refractivity contribution is 0.211. The van der Waals surface area contributed by atoms with Crippen LogP contribution in [0.4, 0.5) is 0 Å². The van der Waals surface area contributed by atoms with E-state index in [0.29, 0.717) is 24.4 Å². The molecule has 0 radical (unpaired) electrons. The van der Waals surface area contributed by atoms with Crippen LogP contribution in [0.25, 0.3) is 0 Å². The summed E-state index contributed by atoms with van der Waals surface area (Å²) in [6.07, 6.45) is 4.06. The van der Waals surface area contributed by atoms with Crippen molar-refractivity contribution in [3.63, 3.8) is 0 Å². The molecule has 0 bridgehead atoms. The van der Waals surface area contributed by atoms with Crippen molar-refractivity contribution < 1.29 is 8.42 Å². The summed E-state index contributed by atoms with van der Waals surface area (Å²) in [6.45, 7) is 3.52. The van der Waals surface area contributed by atoms with Crippen LogP contribution in [0.1, 0.15) is 36.5 Å². The van der Waals surface area contributed by atoms with Crippen molar-refractivity contribution in [3.8, 4) is 0 Å². The highest BCUT2D eigenvalue weighted by atomic mass is 35.5. The fourth-order valence-electron chi connectivity index (χ4n) is 2.80. The Morgan fingerprint density at radius 3 is 2.50 bits per heavy atom. The molecular formula is C13H18ClN5O2S. The first-order chi connectivity index (χ1) is 10.3. The van der Waals surface area contributed by atoms with E-state index in [1.807, 2.05) is 6.92 Å². The molecule has 7 nitrogen and oxygen atoms in total. The number of aromatic amines is 1. The third-order valence-electron chi connectivity index (χ3n) is 4.06. The number of hydrogen-bond donors (Lipinski definition) is 2. The predicted octanol–water partition coefficient (Wildman–Crippen LogP) is 1.77. The minimum Gasteiger partial charge on any atom is -0.345 e. The summed E-state index contributed by atoms with van der Waals surface area (Å²) < 4.78 is 29.7. The Balaban J connectivity index is 2.00. The second-order valence-electron chi connectivity index (χ2n) is 5.78. The van der Waals surface area contributed by atoms with E-state index in [0.717, 1.165) is 12.1 Å². The Morgan fingerprint density at radius 1 is 1.41 bits per heavy atom. The van der Waals surface area contributed by atoms with E-state index >= 15 is 0 Å². The number of halogens is 1. The molecule has 2 aromatic heterocycles. The highest BCUT2D eigenvalue weighted by Crippen LogP contribution is 2.41. The zero-order valence-electron chi connectivity index (χ0n) is 12.6. The molecule has 0 spiro atoms. The molecule has 0 aliphatic heterocycles. The van der Waals surface area contributed by atoms with E-state index < -0.39 is 15.6 Å². The molecule has 0 atom stereocenters. The lowest BCUT2D eigenvalue weighted by atomic mass is 9.77. The van der Waals surface area contributed by atoms with E-state index in [1.165, 1.54) is 4.68 Å². The minimum atomic E-state index is -3.78. The maximum absolute atomic E-state index is 12.8. The molecule has 1 aliphatic rings. The molecule has 0 aromatic carbocycles. The van der Waals surface area contributed by atoms with Crippen molar-refractivity contribution in [2.45, 2.75) is 43.5 Å². The van der Waals surface area contributed by atoms with Crippen molar-refractivity contribution in [3.05, 3.63) is 28.6 Å². The first-order valence-electron chi connectivity index (χ1n) is 7.00. The van der Waals surface area contributed by atoms with E-state index in [-0.39, 0.29) is 10.0 Å². The van der Waals surface area contributed by atoms with Crippen LogP contribution in [0.3, 0.4) is 0 Å². The number of aryl methyl sites for hydroxylation is 3. The van der Waals surface area contributed by atoms with Crippen LogP contribution in [0, 0.1) is 13.8 Å². The lowest BCUT2D eigenvalue weighted by Gasteiger charge is -2.40. The number of H-pyrrole nitrogens is 1. The zero-order valence-corrected chi connectivity index (χ0v) is 14.2. The van der Waals surface area contributed by atoms with Crippen LogP contribution < -0.4 is 4.72 Å². The maximum Gasteiger partial charge on any atom is 0.246 e. The van der Waals surface area contributed by atoms with Crippen LogP contribution in [-0.4, -0.2) is 28.2 Å².